The molecule has 1 aromatic rings. The molecule has 0 unspecified atom stereocenters. The first-order valence-corrected chi connectivity index (χ1v) is 7.60. The third-order valence-corrected chi connectivity index (χ3v) is 4.78. The molecule has 88 valence electrons. The van der Waals surface area contributed by atoms with Gasteiger partial charge in [-0.25, -0.2) is 8.42 Å². The van der Waals surface area contributed by atoms with Gasteiger partial charge in [0.15, 0.2) is 9.84 Å². The third kappa shape index (κ3) is 2.49. The summed E-state index contributed by atoms with van der Waals surface area (Å²) < 4.78 is 23.5. The zero-order chi connectivity index (χ0) is 11.8. The van der Waals surface area contributed by atoms with E-state index in [-0.39, 0.29) is 11.5 Å². The maximum atomic E-state index is 11.3. The minimum absolute atomic E-state index is 0.211. The van der Waals surface area contributed by atoms with Gasteiger partial charge in [0, 0.05) is 17.6 Å². The molecular weight excluding hydrogens is 292 g/mol. The van der Waals surface area contributed by atoms with Crippen LogP contribution in [0.4, 0.5) is 11.4 Å². The van der Waals surface area contributed by atoms with E-state index in [2.05, 4.69) is 15.9 Å². The first-order valence-electron chi connectivity index (χ1n) is 4.98. The normalized spacial score (nSPS) is 19.7. The van der Waals surface area contributed by atoms with Gasteiger partial charge in [-0.3, -0.25) is 0 Å². The van der Waals surface area contributed by atoms with Crippen molar-refractivity contribution in [2.75, 3.05) is 35.2 Å². The molecule has 6 heteroatoms. The first-order chi connectivity index (χ1) is 7.48. The highest BCUT2D eigenvalue weighted by atomic mass is 79.9. The summed E-state index contributed by atoms with van der Waals surface area (Å²) in [7, 11) is -2.84. The average Bonchev–Trinajstić information content (AvgIpc) is 2.19. The molecule has 1 saturated heterocycles. The van der Waals surface area contributed by atoms with Crippen molar-refractivity contribution in [3.63, 3.8) is 0 Å². The predicted octanol–water partition coefficient (Wildman–Crippen LogP) is 1.27. The number of anilines is 2. The lowest BCUT2D eigenvalue weighted by atomic mass is 10.2. The van der Waals surface area contributed by atoms with Gasteiger partial charge < -0.3 is 10.6 Å². The maximum Gasteiger partial charge on any atom is 0.153 e. The minimum Gasteiger partial charge on any atom is -0.397 e. The van der Waals surface area contributed by atoms with E-state index in [1.165, 1.54) is 0 Å². The fourth-order valence-corrected chi connectivity index (χ4v) is 3.35. The lowest BCUT2D eigenvalue weighted by Gasteiger charge is -2.29. The number of rotatable bonds is 1. The molecule has 2 rings (SSSR count). The summed E-state index contributed by atoms with van der Waals surface area (Å²) in [6, 6.07) is 5.66. The summed E-state index contributed by atoms with van der Waals surface area (Å²) >= 11 is 3.34. The van der Waals surface area contributed by atoms with Crippen LogP contribution in [0.5, 0.6) is 0 Å². The summed E-state index contributed by atoms with van der Waals surface area (Å²) in [5, 5.41) is 0. The lowest BCUT2D eigenvalue weighted by Crippen LogP contribution is -2.40. The molecule has 2 N–H and O–H groups in total. The van der Waals surface area contributed by atoms with E-state index in [1.807, 2.05) is 23.1 Å². The van der Waals surface area contributed by atoms with Crippen molar-refractivity contribution in [2.24, 2.45) is 0 Å². The Labute approximate surface area is 103 Å². The maximum absolute atomic E-state index is 11.3. The Hall–Kier alpha value is -0.750. The second-order valence-corrected chi connectivity index (χ2v) is 7.06. The Bertz CT molecular complexity index is 488. The van der Waals surface area contributed by atoms with Gasteiger partial charge >= 0.3 is 0 Å². The van der Waals surface area contributed by atoms with Crippen molar-refractivity contribution in [2.45, 2.75) is 0 Å². The van der Waals surface area contributed by atoms with Gasteiger partial charge in [-0.1, -0.05) is 15.9 Å². The second-order valence-electron chi connectivity index (χ2n) is 3.84. The average molecular weight is 305 g/mol. The molecule has 0 aliphatic carbocycles. The van der Waals surface area contributed by atoms with Gasteiger partial charge in [0.1, 0.15) is 0 Å². The van der Waals surface area contributed by atoms with Gasteiger partial charge in [-0.2, -0.15) is 0 Å². The summed E-state index contributed by atoms with van der Waals surface area (Å²) in [6.45, 7) is 1.04. The van der Waals surface area contributed by atoms with E-state index in [1.54, 1.807) is 0 Å². The molecule has 0 radical (unpaired) electrons. The summed E-state index contributed by atoms with van der Waals surface area (Å²) in [5.74, 6) is 0.422. The molecule has 0 saturated carbocycles. The standard InChI is InChI=1S/C10H13BrN2O2S/c11-8-1-2-10(9(12)7-8)13-3-5-16(14,15)6-4-13/h1-2,7H,3-6,12H2. The van der Waals surface area contributed by atoms with Crippen LogP contribution in [0.15, 0.2) is 22.7 Å². The molecule has 4 nitrogen and oxygen atoms in total. The largest absolute Gasteiger partial charge is 0.397 e. The molecule has 16 heavy (non-hydrogen) atoms. The van der Waals surface area contributed by atoms with Crippen LogP contribution < -0.4 is 10.6 Å². The molecule has 1 aromatic carbocycles. The highest BCUT2D eigenvalue weighted by Gasteiger charge is 2.22. The number of nitrogens with zero attached hydrogens (tertiary/aromatic N) is 1. The monoisotopic (exact) mass is 304 g/mol. The number of nitrogen functional groups attached to an aromatic ring is 1. The highest BCUT2D eigenvalue weighted by Crippen LogP contribution is 2.27. The topological polar surface area (TPSA) is 63.4 Å². The predicted molar refractivity (Wildman–Crippen MR) is 69.4 cm³/mol. The Morgan fingerprint density at radius 1 is 1.25 bits per heavy atom. The van der Waals surface area contributed by atoms with E-state index in [0.29, 0.717) is 18.8 Å². The number of hydrogen-bond donors (Lipinski definition) is 1. The SMILES string of the molecule is Nc1cc(Br)ccc1N1CCS(=O)(=O)CC1. The van der Waals surface area contributed by atoms with Gasteiger partial charge in [-0.15, -0.1) is 0 Å². The van der Waals surface area contributed by atoms with Crippen LogP contribution in [0.2, 0.25) is 0 Å². The minimum atomic E-state index is -2.84. The number of sulfone groups is 1. The third-order valence-electron chi connectivity index (χ3n) is 2.67. The van der Waals surface area contributed by atoms with Crippen LogP contribution in [0.1, 0.15) is 0 Å². The molecular formula is C10H13BrN2O2S. The number of nitrogens with two attached hydrogens (primary N) is 1. The zero-order valence-corrected chi connectivity index (χ0v) is 11.1. The van der Waals surface area contributed by atoms with Crippen LogP contribution in [-0.2, 0) is 9.84 Å². The fraction of sp³-hybridized carbons (Fsp3) is 0.400. The van der Waals surface area contributed by atoms with Crippen LogP contribution in [0.25, 0.3) is 0 Å². The summed E-state index contributed by atoms with van der Waals surface area (Å²) in [6.07, 6.45) is 0. The fourth-order valence-electron chi connectivity index (χ4n) is 1.77. The first kappa shape index (κ1) is 11.7. The summed E-state index contributed by atoms with van der Waals surface area (Å²) in [4.78, 5) is 2.02. The van der Waals surface area contributed by atoms with Gasteiger partial charge in [-0.05, 0) is 18.2 Å². The van der Waals surface area contributed by atoms with Crippen molar-refractivity contribution in [1.29, 1.82) is 0 Å². The van der Waals surface area contributed by atoms with E-state index in [9.17, 15) is 8.42 Å². The molecule has 1 aliphatic rings. The number of hydrogen-bond acceptors (Lipinski definition) is 4. The zero-order valence-electron chi connectivity index (χ0n) is 8.69. The molecule has 0 bridgehead atoms. The molecule has 1 fully saturated rings. The quantitative estimate of drug-likeness (QED) is 0.794. The van der Waals surface area contributed by atoms with Crippen molar-refractivity contribution in [3.8, 4) is 0 Å². The summed E-state index contributed by atoms with van der Waals surface area (Å²) in [5.41, 5.74) is 7.49. The van der Waals surface area contributed by atoms with Gasteiger partial charge in [0.25, 0.3) is 0 Å². The molecule has 0 spiro atoms. The number of halogens is 1. The van der Waals surface area contributed by atoms with Crippen LogP contribution in [0.3, 0.4) is 0 Å². The lowest BCUT2D eigenvalue weighted by molar-refractivity contribution is 0.587. The Morgan fingerprint density at radius 2 is 1.88 bits per heavy atom. The second kappa shape index (κ2) is 4.25. The Morgan fingerprint density at radius 3 is 2.44 bits per heavy atom. The molecule has 0 atom stereocenters. The van der Waals surface area contributed by atoms with Crippen molar-refractivity contribution in [1.82, 2.24) is 0 Å². The Kier molecular flexibility index (Phi) is 3.12. The van der Waals surface area contributed by atoms with Crippen molar-refractivity contribution >= 4 is 37.1 Å². The van der Waals surface area contributed by atoms with E-state index >= 15 is 0 Å². The van der Waals surface area contributed by atoms with Crippen molar-refractivity contribution < 1.29 is 8.42 Å². The van der Waals surface area contributed by atoms with Crippen LogP contribution in [-0.4, -0.2) is 33.0 Å². The highest BCUT2D eigenvalue weighted by molar-refractivity contribution is 9.10. The van der Waals surface area contributed by atoms with Gasteiger partial charge in [0.05, 0.1) is 22.9 Å². The Balaban J connectivity index is 2.20. The molecule has 1 aliphatic heterocycles. The van der Waals surface area contributed by atoms with E-state index in [4.69, 9.17) is 5.73 Å². The molecule has 1 heterocycles. The van der Waals surface area contributed by atoms with Crippen LogP contribution >= 0.6 is 15.9 Å². The number of benzene rings is 1. The van der Waals surface area contributed by atoms with Crippen molar-refractivity contribution in [3.05, 3.63) is 22.7 Å². The van der Waals surface area contributed by atoms with Gasteiger partial charge in [0.2, 0.25) is 0 Å². The van der Waals surface area contributed by atoms with E-state index in [0.717, 1.165) is 10.2 Å². The smallest absolute Gasteiger partial charge is 0.153 e. The molecule has 0 aromatic heterocycles. The van der Waals surface area contributed by atoms with Crippen LogP contribution in [0, 0.1) is 0 Å². The van der Waals surface area contributed by atoms with E-state index < -0.39 is 9.84 Å². The molecule has 0 amide bonds.